The molecule has 0 aromatic heterocycles. The summed E-state index contributed by atoms with van der Waals surface area (Å²) in [4.78, 5) is 13.5. The van der Waals surface area contributed by atoms with Crippen molar-refractivity contribution in [3.8, 4) is 0 Å². The Labute approximate surface area is 122 Å². The van der Waals surface area contributed by atoms with Gasteiger partial charge in [0.1, 0.15) is 0 Å². The summed E-state index contributed by atoms with van der Waals surface area (Å²) in [6.45, 7) is 1.85. The maximum Gasteiger partial charge on any atom is 0.417 e. The van der Waals surface area contributed by atoms with Crippen molar-refractivity contribution < 1.29 is 23.1 Å². The van der Waals surface area contributed by atoms with E-state index in [-0.39, 0.29) is 17.6 Å². The maximum atomic E-state index is 13.0. The minimum Gasteiger partial charge on any atom is -0.388 e. The van der Waals surface area contributed by atoms with Crippen LogP contribution < -0.4 is 0 Å². The molecule has 2 rings (SSSR count). The van der Waals surface area contributed by atoms with Crippen molar-refractivity contribution >= 4 is 21.8 Å². The lowest BCUT2D eigenvalue weighted by Crippen LogP contribution is -2.34. The van der Waals surface area contributed by atoms with Crippen LogP contribution in [0.25, 0.3) is 0 Å². The van der Waals surface area contributed by atoms with E-state index >= 15 is 0 Å². The quantitative estimate of drug-likeness (QED) is 0.844. The Morgan fingerprint density at radius 1 is 1.45 bits per heavy atom. The number of likely N-dealkylation sites (tertiary alicyclic amines) is 1. The summed E-state index contributed by atoms with van der Waals surface area (Å²) < 4.78 is 39.2. The first-order valence-electron chi connectivity index (χ1n) is 5.98. The zero-order valence-electron chi connectivity index (χ0n) is 10.7. The van der Waals surface area contributed by atoms with Gasteiger partial charge in [-0.3, -0.25) is 4.79 Å². The molecule has 1 atom stereocenters. The molecule has 20 heavy (non-hydrogen) atoms. The number of β-amino-alcohol motifs (C(OH)–C–C–N with tert-alkyl or cyclic N) is 1. The van der Waals surface area contributed by atoms with Crippen LogP contribution in [0.1, 0.15) is 29.3 Å². The van der Waals surface area contributed by atoms with Crippen LogP contribution in [0.5, 0.6) is 0 Å². The van der Waals surface area contributed by atoms with E-state index < -0.39 is 28.8 Å². The van der Waals surface area contributed by atoms with E-state index in [1.54, 1.807) is 6.92 Å². The molecule has 1 N–H and O–H groups in total. The largest absolute Gasteiger partial charge is 0.417 e. The molecule has 1 heterocycles. The summed E-state index contributed by atoms with van der Waals surface area (Å²) in [6, 6.07) is 3.44. The van der Waals surface area contributed by atoms with Gasteiger partial charge < -0.3 is 10.0 Å². The standard InChI is InChI=1S/C13H13BrF3NO2/c1-12(20)4-5-18(7-12)11(19)9-3-2-8(14)6-10(9)13(15,16)17/h2-3,6,20H,4-5,7H2,1H3. The molecule has 1 fully saturated rings. The molecule has 3 nitrogen and oxygen atoms in total. The second-order valence-corrected chi connectivity index (χ2v) is 6.08. The van der Waals surface area contributed by atoms with Gasteiger partial charge in [-0.2, -0.15) is 13.2 Å². The molecule has 0 aliphatic carbocycles. The van der Waals surface area contributed by atoms with Crippen LogP contribution in [0.2, 0.25) is 0 Å². The molecule has 0 spiro atoms. The molecular weight excluding hydrogens is 339 g/mol. The van der Waals surface area contributed by atoms with E-state index in [0.29, 0.717) is 6.42 Å². The Hall–Kier alpha value is -1.08. The highest BCUT2D eigenvalue weighted by Gasteiger charge is 2.39. The third kappa shape index (κ3) is 3.15. The van der Waals surface area contributed by atoms with Crippen molar-refractivity contribution in [2.75, 3.05) is 13.1 Å². The summed E-state index contributed by atoms with van der Waals surface area (Å²) in [5.41, 5.74) is -2.40. The number of carbonyl (C=O) groups is 1. The van der Waals surface area contributed by atoms with Crippen LogP contribution in [-0.2, 0) is 6.18 Å². The molecule has 1 aromatic carbocycles. The van der Waals surface area contributed by atoms with E-state index in [0.717, 1.165) is 12.1 Å². The Balaban J connectivity index is 2.36. The Kier molecular flexibility index (Phi) is 3.85. The third-order valence-corrected chi connectivity index (χ3v) is 3.75. The number of amides is 1. The lowest BCUT2D eigenvalue weighted by atomic mass is 10.1. The number of rotatable bonds is 1. The van der Waals surface area contributed by atoms with Gasteiger partial charge in [-0.05, 0) is 31.5 Å². The number of carbonyl (C=O) groups excluding carboxylic acids is 1. The van der Waals surface area contributed by atoms with Gasteiger partial charge in [0.15, 0.2) is 0 Å². The minimum atomic E-state index is -4.60. The SMILES string of the molecule is CC1(O)CCN(C(=O)c2ccc(Br)cc2C(F)(F)F)C1. The van der Waals surface area contributed by atoms with Crippen molar-refractivity contribution in [1.82, 2.24) is 4.90 Å². The van der Waals surface area contributed by atoms with Crippen LogP contribution in [0.15, 0.2) is 22.7 Å². The zero-order valence-corrected chi connectivity index (χ0v) is 12.3. The monoisotopic (exact) mass is 351 g/mol. The van der Waals surface area contributed by atoms with Crippen molar-refractivity contribution in [3.05, 3.63) is 33.8 Å². The highest BCUT2D eigenvalue weighted by molar-refractivity contribution is 9.10. The molecule has 1 unspecified atom stereocenters. The first-order chi connectivity index (χ1) is 9.10. The number of nitrogens with zero attached hydrogens (tertiary/aromatic N) is 1. The van der Waals surface area contributed by atoms with Crippen molar-refractivity contribution in [3.63, 3.8) is 0 Å². The number of aliphatic hydroxyl groups is 1. The molecule has 0 saturated carbocycles. The molecule has 1 saturated heterocycles. The summed E-state index contributed by atoms with van der Waals surface area (Å²) in [7, 11) is 0. The van der Waals surface area contributed by atoms with E-state index in [4.69, 9.17) is 0 Å². The number of benzene rings is 1. The highest BCUT2D eigenvalue weighted by Crippen LogP contribution is 2.35. The number of halogens is 4. The first kappa shape index (κ1) is 15.3. The maximum absolute atomic E-state index is 13.0. The number of alkyl halides is 3. The van der Waals surface area contributed by atoms with Gasteiger partial charge in [-0.1, -0.05) is 15.9 Å². The van der Waals surface area contributed by atoms with E-state index in [9.17, 15) is 23.1 Å². The van der Waals surface area contributed by atoms with E-state index in [2.05, 4.69) is 15.9 Å². The minimum absolute atomic E-state index is 0.0409. The molecule has 0 radical (unpaired) electrons. The predicted octanol–water partition coefficient (Wildman–Crippen LogP) is 3.06. The van der Waals surface area contributed by atoms with Crippen LogP contribution in [0.4, 0.5) is 13.2 Å². The summed E-state index contributed by atoms with van der Waals surface area (Å²) >= 11 is 2.97. The van der Waals surface area contributed by atoms with Gasteiger partial charge in [0.05, 0.1) is 16.7 Å². The molecule has 7 heteroatoms. The van der Waals surface area contributed by atoms with Gasteiger partial charge in [0.2, 0.25) is 0 Å². The van der Waals surface area contributed by atoms with Gasteiger partial charge in [-0.15, -0.1) is 0 Å². The van der Waals surface area contributed by atoms with Crippen molar-refractivity contribution in [2.45, 2.75) is 25.1 Å². The summed E-state index contributed by atoms with van der Waals surface area (Å²) in [5, 5.41) is 9.81. The predicted molar refractivity (Wildman–Crippen MR) is 70.3 cm³/mol. The van der Waals surface area contributed by atoms with Gasteiger partial charge in [0.25, 0.3) is 5.91 Å². The van der Waals surface area contributed by atoms with Gasteiger partial charge in [0, 0.05) is 17.6 Å². The normalized spacial score (nSPS) is 23.2. The number of hydrogen-bond donors (Lipinski definition) is 1. The molecule has 1 aliphatic heterocycles. The summed E-state index contributed by atoms with van der Waals surface area (Å²) in [6.07, 6.45) is -4.24. The van der Waals surface area contributed by atoms with Crippen LogP contribution in [0, 0.1) is 0 Å². The van der Waals surface area contributed by atoms with Crippen LogP contribution in [0.3, 0.4) is 0 Å². The average Bonchev–Trinajstić information content (AvgIpc) is 2.67. The average molecular weight is 352 g/mol. The van der Waals surface area contributed by atoms with E-state index in [1.807, 2.05) is 0 Å². The van der Waals surface area contributed by atoms with Gasteiger partial charge >= 0.3 is 6.18 Å². The second-order valence-electron chi connectivity index (χ2n) is 5.16. The van der Waals surface area contributed by atoms with Crippen molar-refractivity contribution in [1.29, 1.82) is 0 Å². The van der Waals surface area contributed by atoms with Crippen molar-refractivity contribution in [2.24, 2.45) is 0 Å². The lowest BCUT2D eigenvalue weighted by molar-refractivity contribution is -0.138. The molecular formula is C13H13BrF3NO2. The zero-order chi connectivity index (χ0) is 15.1. The Morgan fingerprint density at radius 3 is 2.60 bits per heavy atom. The second kappa shape index (κ2) is 5.04. The topological polar surface area (TPSA) is 40.5 Å². The smallest absolute Gasteiger partial charge is 0.388 e. The fraction of sp³-hybridized carbons (Fsp3) is 0.462. The fourth-order valence-corrected chi connectivity index (χ4v) is 2.59. The van der Waals surface area contributed by atoms with Gasteiger partial charge in [-0.25, -0.2) is 0 Å². The highest BCUT2D eigenvalue weighted by atomic mass is 79.9. The fourth-order valence-electron chi connectivity index (χ4n) is 2.23. The molecule has 110 valence electrons. The molecule has 1 aliphatic rings. The third-order valence-electron chi connectivity index (χ3n) is 3.26. The van der Waals surface area contributed by atoms with E-state index in [1.165, 1.54) is 11.0 Å². The Morgan fingerprint density at radius 2 is 2.10 bits per heavy atom. The first-order valence-corrected chi connectivity index (χ1v) is 6.78. The number of hydrogen-bond acceptors (Lipinski definition) is 2. The molecule has 0 bridgehead atoms. The Bertz CT molecular complexity index is 543. The lowest BCUT2D eigenvalue weighted by Gasteiger charge is -2.21. The molecule has 1 amide bonds. The molecule has 1 aromatic rings. The summed E-state index contributed by atoms with van der Waals surface area (Å²) in [5.74, 6) is -0.706. The van der Waals surface area contributed by atoms with Crippen LogP contribution >= 0.6 is 15.9 Å². The van der Waals surface area contributed by atoms with Crippen LogP contribution in [-0.4, -0.2) is 34.6 Å².